The first-order valence-electron chi connectivity index (χ1n) is 11.5. The van der Waals surface area contributed by atoms with Gasteiger partial charge in [0, 0.05) is 29.1 Å². The SMILES string of the molecule is C[C@@H](C[C@H](NC(=O)c1ccc(-c2cnccn2)cc1)C(=O)NC(C)(C)Cc1ccc(F)cc1)C(=O)O. The van der Waals surface area contributed by atoms with Crippen molar-refractivity contribution >= 4 is 17.8 Å². The van der Waals surface area contributed by atoms with Gasteiger partial charge >= 0.3 is 5.97 Å². The molecule has 3 aromatic rings. The van der Waals surface area contributed by atoms with Gasteiger partial charge in [-0.2, -0.15) is 0 Å². The van der Waals surface area contributed by atoms with Crippen LogP contribution in [0.5, 0.6) is 0 Å². The average Bonchev–Trinajstić information content (AvgIpc) is 2.85. The molecule has 2 atom stereocenters. The van der Waals surface area contributed by atoms with Gasteiger partial charge in [-0.25, -0.2) is 4.39 Å². The van der Waals surface area contributed by atoms with Crippen LogP contribution in [0.15, 0.2) is 67.1 Å². The zero-order valence-corrected chi connectivity index (χ0v) is 20.4. The van der Waals surface area contributed by atoms with Crippen LogP contribution in [-0.4, -0.2) is 44.4 Å². The summed E-state index contributed by atoms with van der Waals surface area (Å²) in [7, 11) is 0. The van der Waals surface area contributed by atoms with Gasteiger partial charge in [0.2, 0.25) is 5.91 Å². The van der Waals surface area contributed by atoms with E-state index >= 15 is 0 Å². The van der Waals surface area contributed by atoms with Gasteiger partial charge in [-0.1, -0.05) is 31.2 Å². The van der Waals surface area contributed by atoms with E-state index in [1.807, 2.05) is 0 Å². The number of carbonyl (C=O) groups is 3. The fourth-order valence-corrected chi connectivity index (χ4v) is 3.75. The third-order valence-electron chi connectivity index (χ3n) is 5.66. The second-order valence-corrected chi connectivity index (χ2v) is 9.35. The number of hydrogen-bond acceptors (Lipinski definition) is 5. The van der Waals surface area contributed by atoms with Gasteiger partial charge in [-0.15, -0.1) is 0 Å². The maximum Gasteiger partial charge on any atom is 0.306 e. The summed E-state index contributed by atoms with van der Waals surface area (Å²) in [5.41, 5.74) is 1.83. The molecule has 9 heteroatoms. The molecule has 0 bridgehead atoms. The summed E-state index contributed by atoms with van der Waals surface area (Å²) >= 11 is 0. The predicted octanol–water partition coefficient (Wildman–Crippen LogP) is 3.63. The van der Waals surface area contributed by atoms with E-state index in [0.29, 0.717) is 17.7 Å². The molecule has 3 rings (SSSR count). The van der Waals surface area contributed by atoms with Gasteiger partial charge < -0.3 is 15.7 Å². The second kappa shape index (κ2) is 11.5. The molecular formula is C27H29FN4O4. The molecule has 2 amide bonds. The van der Waals surface area contributed by atoms with Gasteiger partial charge in [0.15, 0.2) is 0 Å². The zero-order chi connectivity index (χ0) is 26.3. The summed E-state index contributed by atoms with van der Waals surface area (Å²) in [6, 6.07) is 11.6. The van der Waals surface area contributed by atoms with Crippen LogP contribution in [-0.2, 0) is 16.0 Å². The molecule has 1 heterocycles. The summed E-state index contributed by atoms with van der Waals surface area (Å²) < 4.78 is 13.2. The normalized spacial score (nSPS) is 12.9. The van der Waals surface area contributed by atoms with Crippen molar-refractivity contribution in [3.05, 3.63) is 84.1 Å². The smallest absolute Gasteiger partial charge is 0.306 e. The molecule has 0 fully saturated rings. The summed E-state index contributed by atoms with van der Waals surface area (Å²) in [6.07, 6.45) is 5.07. The molecule has 0 radical (unpaired) electrons. The highest BCUT2D eigenvalue weighted by Gasteiger charge is 2.30. The number of nitrogens with one attached hydrogen (secondary N) is 2. The largest absolute Gasteiger partial charge is 0.481 e. The van der Waals surface area contributed by atoms with E-state index in [-0.39, 0.29) is 12.2 Å². The van der Waals surface area contributed by atoms with Crippen LogP contribution >= 0.6 is 0 Å². The van der Waals surface area contributed by atoms with E-state index in [9.17, 15) is 23.9 Å². The van der Waals surface area contributed by atoms with Gasteiger partial charge in [-0.05, 0) is 56.5 Å². The first-order chi connectivity index (χ1) is 17.0. The number of aliphatic carboxylic acids is 1. The van der Waals surface area contributed by atoms with Gasteiger partial charge in [0.25, 0.3) is 5.91 Å². The fraction of sp³-hybridized carbons (Fsp3) is 0.296. The molecule has 188 valence electrons. The lowest BCUT2D eigenvalue weighted by Crippen LogP contribution is -2.54. The van der Waals surface area contributed by atoms with Crippen molar-refractivity contribution < 1.29 is 23.9 Å². The van der Waals surface area contributed by atoms with Crippen molar-refractivity contribution in [1.82, 2.24) is 20.6 Å². The van der Waals surface area contributed by atoms with Crippen LogP contribution in [0.1, 0.15) is 43.1 Å². The van der Waals surface area contributed by atoms with Gasteiger partial charge in [-0.3, -0.25) is 24.4 Å². The Morgan fingerprint density at radius 3 is 2.28 bits per heavy atom. The monoisotopic (exact) mass is 492 g/mol. The maximum atomic E-state index is 13.2. The molecule has 0 aliphatic carbocycles. The van der Waals surface area contributed by atoms with Crippen molar-refractivity contribution in [2.75, 3.05) is 0 Å². The standard InChI is InChI=1S/C27H29FN4O4/c1-17(26(35)36)14-22(25(34)32-27(2,3)15-18-4-10-21(28)11-5-18)31-24(33)20-8-6-19(7-9-20)23-16-29-12-13-30-23/h4-13,16-17,22H,14-15H2,1-3H3,(H,31,33)(H,32,34)(H,35,36)/t17-,22-/m0/s1. The topological polar surface area (TPSA) is 121 Å². The lowest BCUT2D eigenvalue weighted by atomic mass is 9.93. The minimum atomic E-state index is -1.07. The first kappa shape index (κ1) is 26.5. The molecular weight excluding hydrogens is 463 g/mol. The summed E-state index contributed by atoms with van der Waals surface area (Å²) in [6.45, 7) is 5.09. The lowest BCUT2D eigenvalue weighted by Gasteiger charge is -2.30. The van der Waals surface area contributed by atoms with Crippen LogP contribution < -0.4 is 10.6 Å². The van der Waals surface area contributed by atoms with E-state index in [1.165, 1.54) is 19.1 Å². The third-order valence-corrected chi connectivity index (χ3v) is 5.66. The van der Waals surface area contributed by atoms with Crippen LogP contribution in [0, 0.1) is 11.7 Å². The van der Waals surface area contributed by atoms with E-state index in [2.05, 4.69) is 20.6 Å². The van der Waals surface area contributed by atoms with Crippen molar-refractivity contribution in [1.29, 1.82) is 0 Å². The first-order valence-corrected chi connectivity index (χ1v) is 11.5. The number of carboxylic acid groups (broad SMARTS) is 1. The molecule has 0 unspecified atom stereocenters. The van der Waals surface area contributed by atoms with Crippen LogP contribution in [0.2, 0.25) is 0 Å². The van der Waals surface area contributed by atoms with Crippen LogP contribution in [0.3, 0.4) is 0 Å². The number of nitrogens with zero attached hydrogens (tertiary/aromatic N) is 2. The van der Waals surface area contributed by atoms with Crippen molar-refractivity contribution in [2.45, 2.75) is 45.2 Å². The minimum absolute atomic E-state index is 0.0861. The van der Waals surface area contributed by atoms with Crippen LogP contribution in [0.25, 0.3) is 11.3 Å². The fourth-order valence-electron chi connectivity index (χ4n) is 3.75. The summed E-state index contributed by atoms with van der Waals surface area (Å²) in [4.78, 5) is 45.8. The predicted molar refractivity (Wildman–Crippen MR) is 132 cm³/mol. The highest BCUT2D eigenvalue weighted by Crippen LogP contribution is 2.18. The molecule has 36 heavy (non-hydrogen) atoms. The number of halogens is 1. The molecule has 3 N–H and O–H groups in total. The molecule has 0 spiro atoms. The summed E-state index contributed by atoms with van der Waals surface area (Å²) in [5, 5.41) is 14.9. The maximum absolute atomic E-state index is 13.2. The molecule has 0 aliphatic heterocycles. The van der Waals surface area contributed by atoms with Crippen molar-refractivity contribution in [3.63, 3.8) is 0 Å². The zero-order valence-electron chi connectivity index (χ0n) is 20.4. The van der Waals surface area contributed by atoms with Gasteiger partial charge in [0.1, 0.15) is 11.9 Å². The number of carboxylic acids is 1. The highest BCUT2D eigenvalue weighted by atomic mass is 19.1. The van der Waals surface area contributed by atoms with Crippen molar-refractivity contribution in [3.8, 4) is 11.3 Å². The molecule has 8 nitrogen and oxygen atoms in total. The number of hydrogen-bond donors (Lipinski definition) is 3. The Kier molecular flexibility index (Phi) is 8.47. The number of benzene rings is 2. The van der Waals surface area contributed by atoms with Gasteiger partial charge in [0.05, 0.1) is 17.8 Å². The lowest BCUT2D eigenvalue weighted by molar-refractivity contribution is -0.141. The number of carbonyl (C=O) groups excluding carboxylic acids is 2. The summed E-state index contributed by atoms with van der Waals surface area (Å²) in [5.74, 6) is -3.29. The molecule has 1 aromatic heterocycles. The van der Waals surface area contributed by atoms with Crippen LogP contribution in [0.4, 0.5) is 4.39 Å². The van der Waals surface area contributed by atoms with E-state index in [4.69, 9.17) is 0 Å². The Bertz CT molecular complexity index is 1200. The Hall–Kier alpha value is -4.14. The molecule has 0 saturated carbocycles. The molecule has 0 saturated heterocycles. The Morgan fingerprint density at radius 1 is 1.03 bits per heavy atom. The number of rotatable bonds is 10. The number of aromatic nitrogens is 2. The quantitative estimate of drug-likeness (QED) is 0.397. The van der Waals surface area contributed by atoms with Crippen molar-refractivity contribution in [2.24, 2.45) is 5.92 Å². The van der Waals surface area contributed by atoms with E-state index in [1.54, 1.807) is 68.8 Å². The molecule has 0 aliphatic rings. The Balaban J connectivity index is 1.72. The Morgan fingerprint density at radius 2 is 1.69 bits per heavy atom. The second-order valence-electron chi connectivity index (χ2n) is 9.35. The Labute approximate surface area is 209 Å². The number of amides is 2. The highest BCUT2D eigenvalue weighted by molar-refractivity contribution is 5.98. The average molecular weight is 493 g/mol. The van der Waals surface area contributed by atoms with E-state index in [0.717, 1.165) is 11.1 Å². The third kappa shape index (κ3) is 7.43. The minimum Gasteiger partial charge on any atom is -0.481 e. The molecule has 2 aromatic carbocycles. The van der Waals surface area contributed by atoms with E-state index < -0.39 is 35.3 Å².